The lowest BCUT2D eigenvalue weighted by Gasteiger charge is -2.23. The standard InChI is InChI=1S/C23H26F2N2O3/c1-5-19(14-27-22(28)30-23(2,3)4)29-21-9-7-18(24)12-16(21)10-15-6-8-20(25)17(11-15)13-26/h6-9,11-12,19H,5,10,14H2,1-4H3,(H,27,28). The number of alkyl carbamates (subject to hydrolysis) is 1. The number of nitriles is 1. The van der Waals surface area contributed by atoms with Gasteiger partial charge in [0.1, 0.15) is 35.2 Å². The predicted octanol–water partition coefficient (Wildman–Crippen LogP) is 5.11. The Bertz CT molecular complexity index is 933. The van der Waals surface area contributed by atoms with Crippen LogP contribution in [0.4, 0.5) is 13.6 Å². The second kappa shape index (κ2) is 10.1. The predicted molar refractivity (Wildman–Crippen MR) is 109 cm³/mol. The van der Waals surface area contributed by atoms with Gasteiger partial charge in [-0.1, -0.05) is 13.0 Å². The van der Waals surface area contributed by atoms with Crippen molar-refractivity contribution < 1.29 is 23.0 Å². The fraction of sp³-hybridized carbons (Fsp3) is 0.391. The van der Waals surface area contributed by atoms with Crippen LogP contribution >= 0.6 is 0 Å². The lowest BCUT2D eigenvalue weighted by atomic mass is 10.0. The molecule has 1 N–H and O–H groups in total. The Morgan fingerprint density at radius 1 is 1.20 bits per heavy atom. The molecule has 7 heteroatoms. The Balaban J connectivity index is 2.13. The van der Waals surface area contributed by atoms with Crippen LogP contribution in [0.5, 0.6) is 5.75 Å². The summed E-state index contributed by atoms with van der Waals surface area (Å²) >= 11 is 0. The van der Waals surface area contributed by atoms with Crippen LogP contribution in [0.1, 0.15) is 50.8 Å². The molecule has 1 atom stereocenters. The summed E-state index contributed by atoms with van der Waals surface area (Å²) in [6.07, 6.45) is -0.0384. The van der Waals surface area contributed by atoms with Crippen molar-refractivity contribution in [2.24, 2.45) is 0 Å². The van der Waals surface area contributed by atoms with E-state index in [9.17, 15) is 13.6 Å². The number of rotatable bonds is 7. The van der Waals surface area contributed by atoms with E-state index in [2.05, 4.69) is 5.32 Å². The molecule has 2 aromatic rings. The number of nitrogens with one attached hydrogen (secondary N) is 1. The molecular weight excluding hydrogens is 390 g/mol. The van der Waals surface area contributed by atoms with E-state index in [1.807, 2.05) is 6.92 Å². The summed E-state index contributed by atoms with van der Waals surface area (Å²) in [4.78, 5) is 11.9. The topological polar surface area (TPSA) is 71.3 Å². The van der Waals surface area contributed by atoms with Gasteiger partial charge in [-0.05, 0) is 63.1 Å². The third-order valence-electron chi connectivity index (χ3n) is 4.19. The van der Waals surface area contributed by atoms with E-state index in [0.717, 1.165) is 0 Å². The fourth-order valence-corrected chi connectivity index (χ4v) is 2.75. The second-order valence-electron chi connectivity index (χ2n) is 7.89. The number of nitrogens with zero attached hydrogens (tertiary/aromatic N) is 1. The number of halogens is 2. The Morgan fingerprint density at radius 3 is 2.57 bits per heavy atom. The number of carbonyl (C=O) groups excluding carboxylic acids is 1. The van der Waals surface area contributed by atoms with Gasteiger partial charge in [0.25, 0.3) is 0 Å². The van der Waals surface area contributed by atoms with Gasteiger partial charge in [0.15, 0.2) is 0 Å². The first-order chi connectivity index (χ1) is 14.1. The zero-order chi connectivity index (χ0) is 22.3. The smallest absolute Gasteiger partial charge is 0.407 e. The van der Waals surface area contributed by atoms with Crippen LogP contribution in [0, 0.1) is 23.0 Å². The van der Waals surface area contributed by atoms with Crippen molar-refractivity contribution in [3.63, 3.8) is 0 Å². The van der Waals surface area contributed by atoms with Crippen molar-refractivity contribution in [1.29, 1.82) is 5.26 Å². The molecule has 0 aliphatic rings. The Labute approximate surface area is 175 Å². The molecular formula is C23H26F2N2O3. The average Bonchev–Trinajstić information content (AvgIpc) is 2.66. The molecule has 0 bridgehead atoms. The monoisotopic (exact) mass is 416 g/mol. The number of benzene rings is 2. The van der Waals surface area contributed by atoms with E-state index in [-0.39, 0.29) is 24.6 Å². The molecule has 0 saturated heterocycles. The van der Waals surface area contributed by atoms with Crippen LogP contribution in [0.25, 0.3) is 0 Å². The maximum absolute atomic E-state index is 13.8. The highest BCUT2D eigenvalue weighted by molar-refractivity contribution is 5.67. The second-order valence-corrected chi connectivity index (χ2v) is 7.89. The summed E-state index contributed by atoms with van der Waals surface area (Å²) in [5, 5.41) is 11.7. The Morgan fingerprint density at radius 2 is 1.93 bits per heavy atom. The number of hydrogen-bond acceptors (Lipinski definition) is 4. The molecule has 0 fully saturated rings. The van der Waals surface area contributed by atoms with Gasteiger partial charge in [0.2, 0.25) is 0 Å². The third-order valence-corrected chi connectivity index (χ3v) is 4.19. The van der Waals surface area contributed by atoms with E-state index in [1.54, 1.807) is 32.9 Å². The SMILES string of the molecule is CCC(CNC(=O)OC(C)(C)C)Oc1ccc(F)cc1Cc1ccc(F)c(C#N)c1. The summed E-state index contributed by atoms with van der Waals surface area (Å²) in [7, 11) is 0. The van der Waals surface area contributed by atoms with Crippen LogP contribution in [0.15, 0.2) is 36.4 Å². The molecule has 5 nitrogen and oxygen atoms in total. The molecule has 2 aromatic carbocycles. The van der Waals surface area contributed by atoms with Gasteiger partial charge >= 0.3 is 6.09 Å². The fourth-order valence-electron chi connectivity index (χ4n) is 2.75. The third kappa shape index (κ3) is 7.03. The van der Waals surface area contributed by atoms with E-state index in [4.69, 9.17) is 14.7 Å². The van der Waals surface area contributed by atoms with Gasteiger partial charge in [-0.25, -0.2) is 13.6 Å². The molecule has 0 saturated carbocycles. The molecule has 0 aliphatic heterocycles. The highest BCUT2D eigenvalue weighted by Gasteiger charge is 2.18. The van der Waals surface area contributed by atoms with Crippen LogP contribution in [-0.2, 0) is 11.2 Å². The maximum atomic E-state index is 13.8. The van der Waals surface area contributed by atoms with Crippen molar-refractivity contribution in [2.75, 3.05) is 6.54 Å². The van der Waals surface area contributed by atoms with Gasteiger partial charge in [0.05, 0.1) is 12.1 Å². The van der Waals surface area contributed by atoms with Crippen LogP contribution in [0.3, 0.4) is 0 Å². The van der Waals surface area contributed by atoms with Gasteiger partial charge in [-0.15, -0.1) is 0 Å². The number of ether oxygens (including phenoxy) is 2. The first kappa shape index (κ1) is 23.1. The van der Waals surface area contributed by atoms with Gasteiger partial charge in [-0.2, -0.15) is 5.26 Å². The molecule has 0 aromatic heterocycles. The average molecular weight is 416 g/mol. The van der Waals surface area contributed by atoms with Crippen LogP contribution in [0.2, 0.25) is 0 Å². The summed E-state index contributed by atoms with van der Waals surface area (Å²) in [6, 6.07) is 10.2. The largest absolute Gasteiger partial charge is 0.488 e. The molecule has 1 amide bonds. The Kier molecular flexibility index (Phi) is 7.76. The molecule has 30 heavy (non-hydrogen) atoms. The number of carbonyl (C=O) groups is 1. The van der Waals surface area contributed by atoms with E-state index in [1.165, 1.54) is 30.3 Å². The minimum Gasteiger partial charge on any atom is -0.488 e. The first-order valence-electron chi connectivity index (χ1n) is 9.71. The van der Waals surface area contributed by atoms with Crippen molar-refractivity contribution in [1.82, 2.24) is 5.32 Å². The molecule has 0 heterocycles. The number of hydrogen-bond donors (Lipinski definition) is 1. The highest BCUT2D eigenvalue weighted by Crippen LogP contribution is 2.25. The quantitative estimate of drug-likeness (QED) is 0.681. The maximum Gasteiger partial charge on any atom is 0.407 e. The Hall–Kier alpha value is -3.14. The number of amides is 1. The zero-order valence-electron chi connectivity index (χ0n) is 17.6. The summed E-state index contributed by atoms with van der Waals surface area (Å²) in [5.41, 5.74) is 0.540. The van der Waals surface area contributed by atoms with Crippen molar-refractivity contribution in [3.05, 3.63) is 64.7 Å². The lowest BCUT2D eigenvalue weighted by molar-refractivity contribution is 0.0499. The van der Waals surface area contributed by atoms with Gasteiger partial charge in [0, 0.05) is 12.0 Å². The van der Waals surface area contributed by atoms with Crippen molar-refractivity contribution in [3.8, 4) is 11.8 Å². The van der Waals surface area contributed by atoms with Gasteiger partial charge < -0.3 is 14.8 Å². The molecule has 2 rings (SSSR count). The van der Waals surface area contributed by atoms with Gasteiger partial charge in [-0.3, -0.25) is 0 Å². The lowest BCUT2D eigenvalue weighted by Crippen LogP contribution is -2.38. The summed E-state index contributed by atoms with van der Waals surface area (Å²) in [6.45, 7) is 7.45. The molecule has 160 valence electrons. The van der Waals surface area contributed by atoms with E-state index >= 15 is 0 Å². The molecule has 0 aliphatic carbocycles. The van der Waals surface area contributed by atoms with Crippen molar-refractivity contribution in [2.45, 2.75) is 52.2 Å². The van der Waals surface area contributed by atoms with Crippen LogP contribution in [-0.4, -0.2) is 24.3 Å². The molecule has 1 unspecified atom stereocenters. The summed E-state index contributed by atoms with van der Waals surface area (Å²) in [5.74, 6) is -0.576. The van der Waals surface area contributed by atoms with Crippen molar-refractivity contribution >= 4 is 6.09 Å². The highest BCUT2D eigenvalue weighted by atomic mass is 19.1. The van der Waals surface area contributed by atoms with Crippen LogP contribution < -0.4 is 10.1 Å². The first-order valence-corrected chi connectivity index (χ1v) is 9.71. The molecule has 0 spiro atoms. The van der Waals surface area contributed by atoms with E-state index < -0.39 is 23.3 Å². The minimum atomic E-state index is -0.603. The minimum absolute atomic E-state index is 0.0700. The normalized spacial score (nSPS) is 12.0. The zero-order valence-corrected chi connectivity index (χ0v) is 17.6. The summed E-state index contributed by atoms with van der Waals surface area (Å²) < 4.78 is 38.6. The molecule has 0 radical (unpaired) electrons. The van der Waals surface area contributed by atoms with E-state index in [0.29, 0.717) is 23.3 Å².